The topological polar surface area (TPSA) is 42.0 Å². The summed E-state index contributed by atoms with van der Waals surface area (Å²) in [5, 5.41) is 2.73. The van der Waals surface area contributed by atoms with Gasteiger partial charge in [0, 0.05) is 12.6 Å². The number of nitrogens with one attached hydrogen (secondary N) is 1. The van der Waals surface area contributed by atoms with Gasteiger partial charge in [0.1, 0.15) is 7.85 Å². The molecule has 1 aromatic rings. The van der Waals surface area contributed by atoms with E-state index in [0.29, 0.717) is 6.42 Å². The van der Waals surface area contributed by atoms with Crippen LogP contribution in [-0.4, -0.2) is 18.7 Å². The van der Waals surface area contributed by atoms with Crippen LogP contribution in [0.4, 0.5) is 5.69 Å². The van der Waals surface area contributed by atoms with Crippen molar-refractivity contribution in [3.05, 3.63) is 18.5 Å². The summed E-state index contributed by atoms with van der Waals surface area (Å²) in [6.45, 7) is 1.82. The first-order valence-electron chi connectivity index (χ1n) is 3.94. The number of amides is 1. The van der Waals surface area contributed by atoms with Crippen molar-refractivity contribution >= 4 is 24.9 Å². The van der Waals surface area contributed by atoms with Crippen molar-refractivity contribution < 1.29 is 4.79 Å². The van der Waals surface area contributed by atoms with Crippen LogP contribution in [0.15, 0.2) is 18.5 Å². The summed E-state index contributed by atoms with van der Waals surface area (Å²) >= 11 is 0. The van der Waals surface area contributed by atoms with Crippen LogP contribution in [0.3, 0.4) is 0 Å². The first kappa shape index (κ1) is 8.78. The minimum Gasteiger partial charge on any atom is -0.325 e. The summed E-state index contributed by atoms with van der Waals surface area (Å²) in [6.07, 6.45) is 3.89. The third-order valence-electron chi connectivity index (χ3n) is 1.48. The van der Waals surface area contributed by atoms with Crippen LogP contribution >= 0.6 is 0 Å². The van der Waals surface area contributed by atoms with Gasteiger partial charge in [-0.1, -0.05) is 12.4 Å². The number of aromatic nitrogens is 1. The maximum atomic E-state index is 11.0. The van der Waals surface area contributed by atoms with E-state index in [-0.39, 0.29) is 5.91 Å². The highest BCUT2D eigenvalue weighted by atomic mass is 16.1. The molecule has 0 unspecified atom stereocenters. The molecule has 12 heavy (non-hydrogen) atoms. The van der Waals surface area contributed by atoms with Gasteiger partial charge in [-0.2, -0.15) is 0 Å². The molecule has 0 aliphatic carbocycles. The fraction of sp³-hybridized carbons (Fsp3) is 0.250. The molecule has 1 heterocycles. The van der Waals surface area contributed by atoms with Crippen LogP contribution in [0.5, 0.6) is 0 Å². The van der Waals surface area contributed by atoms with E-state index in [1.54, 1.807) is 12.4 Å². The molecule has 0 saturated heterocycles. The molecule has 62 valence electrons. The lowest BCUT2D eigenvalue weighted by Crippen LogP contribution is -2.12. The van der Waals surface area contributed by atoms with E-state index in [2.05, 4.69) is 10.3 Å². The number of hydrogen-bond acceptors (Lipinski definition) is 2. The van der Waals surface area contributed by atoms with Gasteiger partial charge < -0.3 is 5.32 Å². The van der Waals surface area contributed by atoms with Crippen LogP contribution in [0.25, 0.3) is 0 Å². The molecule has 0 spiro atoms. The lowest BCUT2D eigenvalue weighted by atomic mass is 9.99. The van der Waals surface area contributed by atoms with E-state index < -0.39 is 0 Å². The van der Waals surface area contributed by atoms with Crippen molar-refractivity contribution in [2.75, 3.05) is 5.32 Å². The van der Waals surface area contributed by atoms with Gasteiger partial charge in [-0.05, 0) is 6.07 Å². The lowest BCUT2D eigenvalue weighted by molar-refractivity contribution is -0.115. The normalized spacial score (nSPS) is 9.42. The van der Waals surface area contributed by atoms with Crippen LogP contribution in [0.2, 0.25) is 0 Å². The Balaban J connectivity index is 2.69. The fourth-order valence-electron chi connectivity index (χ4n) is 0.873. The Morgan fingerprint density at radius 2 is 2.42 bits per heavy atom. The van der Waals surface area contributed by atoms with Crippen molar-refractivity contribution in [3.63, 3.8) is 0 Å². The first-order valence-corrected chi connectivity index (χ1v) is 3.94. The third kappa shape index (κ3) is 2.38. The zero-order chi connectivity index (χ0) is 8.97. The number of nitrogens with zero attached hydrogens (tertiary/aromatic N) is 1. The van der Waals surface area contributed by atoms with Crippen molar-refractivity contribution in [1.82, 2.24) is 4.98 Å². The first-order chi connectivity index (χ1) is 5.72. The summed E-state index contributed by atoms with van der Waals surface area (Å²) in [5.41, 5.74) is 1.81. The highest BCUT2D eigenvalue weighted by Gasteiger charge is 1.97. The van der Waals surface area contributed by atoms with Crippen LogP contribution in [0, 0.1) is 0 Å². The van der Waals surface area contributed by atoms with Crippen LogP contribution < -0.4 is 10.8 Å². The number of pyridine rings is 1. The number of anilines is 1. The second kappa shape index (κ2) is 3.90. The zero-order valence-electron chi connectivity index (χ0n) is 7.29. The Hall–Kier alpha value is -1.32. The fourth-order valence-corrected chi connectivity index (χ4v) is 0.873. The minimum atomic E-state index is 0.0161. The molecule has 4 heteroatoms. The Kier molecular flexibility index (Phi) is 2.85. The Bertz CT molecular complexity index is 288. The Morgan fingerprint density at radius 3 is 3.00 bits per heavy atom. The van der Waals surface area contributed by atoms with Crippen molar-refractivity contribution in [2.45, 2.75) is 13.3 Å². The van der Waals surface area contributed by atoms with Gasteiger partial charge in [-0.15, -0.1) is 0 Å². The molecule has 1 amide bonds. The molecule has 0 radical (unpaired) electrons. The molecule has 1 aromatic heterocycles. The molecule has 1 rings (SSSR count). The average Bonchev–Trinajstić information content (AvgIpc) is 2.04. The summed E-state index contributed by atoms with van der Waals surface area (Å²) < 4.78 is 0. The zero-order valence-corrected chi connectivity index (χ0v) is 7.29. The molecule has 0 bridgehead atoms. The highest BCUT2D eigenvalue weighted by molar-refractivity contribution is 6.32. The second-order valence-electron chi connectivity index (χ2n) is 2.65. The maximum Gasteiger partial charge on any atom is 0.224 e. The summed E-state index contributed by atoms with van der Waals surface area (Å²) in [4.78, 5) is 14.9. The number of rotatable bonds is 2. The molecule has 0 aliphatic heterocycles. The predicted octanol–water partition coefficient (Wildman–Crippen LogP) is -0.312. The quantitative estimate of drug-likeness (QED) is 0.606. The van der Waals surface area contributed by atoms with Crippen molar-refractivity contribution in [3.8, 4) is 0 Å². The molecular weight excluding hydrogens is 151 g/mol. The molecule has 0 fully saturated rings. The van der Waals surface area contributed by atoms with Gasteiger partial charge in [0.2, 0.25) is 5.91 Å². The number of carbonyl (C=O) groups excluding carboxylic acids is 1. The van der Waals surface area contributed by atoms with Gasteiger partial charge in [0.25, 0.3) is 0 Å². The van der Waals surface area contributed by atoms with Crippen LogP contribution in [-0.2, 0) is 4.79 Å². The minimum absolute atomic E-state index is 0.0161. The monoisotopic (exact) mass is 162 g/mol. The molecule has 3 nitrogen and oxygen atoms in total. The van der Waals surface area contributed by atoms with E-state index in [9.17, 15) is 4.79 Å². The van der Waals surface area contributed by atoms with Crippen molar-refractivity contribution in [1.29, 1.82) is 0 Å². The summed E-state index contributed by atoms with van der Waals surface area (Å²) in [7, 11) is 1.94. The summed E-state index contributed by atoms with van der Waals surface area (Å²) in [6, 6.07) is 1.89. The van der Waals surface area contributed by atoms with Gasteiger partial charge in [-0.3, -0.25) is 9.78 Å². The van der Waals surface area contributed by atoms with E-state index in [4.69, 9.17) is 0 Å². The Labute approximate surface area is 72.6 Å². The van der Waals surface area contributed by atoms with E-state index >= 15 is 0 Å². The lowest BCUT2D eigenvalue weighted by Gasteiger charge is -2.02. The number of hydrogen-bond donors (Lipinski definition) is 1. The van der Waals surface area contributed by atoms with Crippen LogP contribution in [0.1, 0.15) is 13.3 Å². The molecule has 0 saturated carbocycles. The van der Waals surface area contributed by atoms with E-state index in [1.165, 1.54) is 0 Å². The SMILES string of the molecule is Bc1cncc(NC(=O)CC)c1. The summed E-state index contributed by atoms with van der Waals surface area (Å²) in [5.74, 6) is 0.0161. The molecule has 0 aliphatic rings. The standard InChI is InChI=1S/C8H11BN2O/c1-2-8(12)11-7-3-6(9)4-10-5-7/h3-5H,2,9H2,1H3,(H,11,12). The largest absolute Gasteiger partial charge is 0.325 e. The molecule has 1 N–H and O–H groups in total. The van der Waals surface area contributed by atoms with Gasteiger partial charge in [0.15, 0.2) is 0 Å². The Morgan fingerprint density at radius 1 is 1.67 bits per heavy atom. The van der Waals surface area contributed by atoms with E-state index in [0.717, 1.165) is 11.2 Å². The maximum absolute atomic E-state index is 11.0. The third-order valence-corrected chi connectivity index (χ3v) is 1.48. The predicted molar refractivity (Wildman–Crippen MR) is 51.3 cm³/mol. The van der Waals surface area contributed by atoms with E-state index in [1.807, 2.05) is 20.8 Å². The van der Waals surface area contributed by atoms with Crippen molar-refractivity contribution in [2.24, 2.45) is 0 Å². The molecule has 0 aromatic carbocycles. The number of carbonyl (C=O) groups is 1. The van der Waals surface area contributed by atoms with Gasteiger partial charge >= 0.3 is 0 Å². The highest BCUT2D eigenvalue weighted by Crippen LogP contribution is 2.00. The van der Waals surface area contributed by atoms with Gasteiger partial charge in [-0.25, -0.2) is 0 Å². The molecular formula is C8H11BN2O. The molecule has 0 atom stereocenters. The second-order valence-corrected chi connectivity index (χ2v) is 2.65. The smallest absolute Gasteiger partial charge is 0.224 e. The van der Waals surface area contributed by atoms with Gasteiger partial charge in [0.05, 0.1) is 11.9 Å². The average molecular weight is 162 g/mol.